The molecule has 1 aliphatic rings. The number of fused-ring (bicyclic) bond motifs is 3. The number of hydrogen-bond acceptors (Lipinski definition) is 5. The van der Waals surface area contributed by atoms with Gasteiger partial charge in [0.2, 0.25) is 5.78 Å². The van der Waals surface area contributed by atoms with Crippen molar-refractivity contribution in [1.29, 1.82) is 0 Å². The second-order valence-corrected chi connectivity index (χ2v) is 8.92. The Morgan fingerprint density at radius 3 is 2.59 bits per heavy atom. The van der Waals surface area contributed by atoms with E-state index in [2.05, 4.69) is 31.4 Å². The number of rotatable bonds is 3. The van der Waals surface area contributed by atoms with Crippen molar-refractivity contribution in [1.82, 2.24) is 29.4 Å². The van der Waals surface area contributed by atoms with Crippen molar-refractivity contribution in [3.63, 3.8) is 0 Å². The molecule has 5 rings (SSSR count). The lowest BCUT2D eigenvalue weighted by Gasteiger charge is -2.23. The van der Waals surface area contributed by atoms with Crippen LogP contribution in [0, 0.1) is 6.92 Å². The predicted molar refractivity (Wildman–Crippen MR) is 121 cm³/mol. The molecule has 2 aromatic carbocycles. The lowest BCUT2D eigenvalue weighted by Crippen LogP contribution is -2.41. The van der Waals surface area contributed by atoms with Crippen LogP contribution in [0.4, 0.5) is 4.79 Å². The number of hydrogen-bond donors (Lipinski definition) is 1. The first-order chi connectivity index (χ1) is 15.2. The highest BCUT2D eigenvalue weighted by Crippen LogP contribution is 2.34. The summed E-state index contributed by atoms with van der Waals surface area (Å²) in [6.45, 7) is 3.50. The van der Waals surface area contributed by atoms with Gasteiger partial charge in [-0.25, -0.2) is 4.79 Å². The van der Waals surface area contributed by atoms with Crippen molar-refractivity contribution < 1.29 is 9.59 Å². The summed E-state index contributed by atoms with van der Waals surface area (Å²) in [5, 5.41) is 11.7. The van der Waals surface area contributed by atoms with E-state index in [0.29, 0.717) is 28.1 Å². The van der Waals surface area contributed by atoms with Gasteiger partial charge in [0, 0.05) is 17.1 Å². The Balaban J connectivity index is 1.62. The number of benzene rings is 2. The van der Waals surface area contributed by atoms with Crippen molar-refractivity contribution in [2.75, 3.05) is 0 Å². The fourth-order valence-electron chi connectivity index (χ4n) is 4.19. The number of aromatic nitrogens is 4. The maximum Gasteiger partial charge on any atom is 0.325 e. The number of urea groups is 1. The second kappa shape index (κ2) is 6.99. The van der Waals surface area contributed by atoms with E-state index in [9.17, 15) is 14.4 Å². The van der Waals surface area contributed by atoms with Gasteiger partial charge < -0.3 is 5.32 Å². The molecule has 4 aromatic rings. The molecule has 2 aromatic heterocycles. The third kappa shape index (κ3) is 2.79. The monoisotopic (exact) mass is 494 g/mol. The number of nitrogens with zero attached hydrogens (tertiary/aromatic N) is 5. The molecule has 3 heterocycles. The fourth-order valence-corrected chi connectivity index (χ4v) is 4.87. The third-order valence-electron chi connectivity index (χ3n) is 5.93. The highest BCUT2D eigenvalue weighted by atomic mass is 79.9. The minimum atomic E-state index is -1.22. The number of carbonyl (C=O) groups is 2. The normalized spacial score (nSPS) is 18.7. The fraction of sp³-hybridized carbons (Fsp3) is 0.227. The summed E-state index contributed by atoms with van der Waals surface area (Å²) in [6, 6.07) is 12.3. The summed E-state index contributed by atoms with van der Waals surface area (Å²) in [7, 11) is 1.62. The standard InChI is InChI=1S/C22H19BrN6O3/c1-12-8-9-16-13(10-12)18(30)27(3)20-26-25-17(29(16)20)11-28-19(31)22(2,24-21(28)32)14-6-4-5-7-15(14)23/h4-10H,11H2,1-3H3,(H,24,32). The van der Waals surface area contributed by atoms with Gasteiger partial charge in [0.05, 0.1) is 17.4 Å². The summed E-state index contributed by atoms with van der Waals surface area (Å²) in [5.41, 5.74) is 0.821. The molecule has 1 saturated heterocycles. The number of carbonyl (C=O) groups excluding carboxylic acids is 2. The number of imide groups is 1. The molecular formula is C22H19BrN6O3. The summed E-state index contributed by atoms with van der Waals surface area (Å²) >= 11 is 3.47. The molecule has 1 aliphatic heterocycles. The maximum absolute atomic E-state index is 13.4. The van der Waals surface area contributed by atoms with E-state index in [1.54, 1.807) is 30.5 Å². The van der Waals surface area contributed by atoms with Crippen molar-refractivity contribution in [2.24, 2.45) is 7.05 Å². The van der Waals surface area contributed by atoms with Crippen molar-refractivity contribution in [3.8, 4) is 0 Å². The van der Waals surface area contributed by atoms with Gasteiger partial charge in [-0.2, -0.15) is 0 Å². The first-order valence-electron chi connectivity index (χ1n) is 9.95. The maximum atomic E-state index is 13.4. The number of amides is 3. The van der Waals surface area contributed by atoms with Crippen LogP contribution in [-0.2, 0) is 23.9 Å². The van der Waals surface area contributed by atoms with Crippen LogP contribution >= 0.6 is 15.9 Å². The van der Waals surface area contributed by atoms with Crippen molar-refractivity contribution in [2.45, 2.75) is 25.9 Å². The molecule has 3 amide bonds. The first kappa shape index (κ1) is 20.4. The highest BCUT2D eigenvalue weighted by Gasteiger charge is 2.50. The molecule has 0 aliphatic carbocycles. The van der Waals surface area contributed by atoms with Gasteiger partial charge in [-0.3, -0.25) is 23.5 Å². The second-order valence-electron chi connectivity index (χ2n) is 8.06. The van der Waals surface area contributed by atoms with Gasteiger partial charge in [0.15, 0.2) is 5.82 Å². The molecule has 1 fully saturated rings. The van der Waals surface area contributed by atoms with Gasteiger partial charge in [-0.05, 0) is 32.0 Å². The predicted octanol–water partition coefficient (Wildman–Crippen LogP) is 2.62. The Kier molecular flexibility index (Phi) is 4.45. The molecule has 1 N–H and O–H groups in total. The van der Waals surface area contributed by atoms with Gasteiger partial charge in [-0.1, -0.05) is 45.8 Å². The lowest BCUT2D eigenvalue weighted by molar-refractivity contribution is -0.131. The Hall–Kier alpha value is -3.53. The van der Waals surface area contributed by atoms with Crippen LogP contribution in [0.15, 0.2) is 51.7 Å². The van der Waals surface area contributed by atoms with Crippen molar-refractivity contribution in [3.05, 3.63) is 74.2 Å². The molecule has 0 spiro atoms. The Morgan fingerprint density at radius 2 is 1.84 bits per heavy atom. The SMILES string of the molecule is Cc1ccc2c(c1)c(=O)n(C)c1nnc(CN3C(=O)NC(C)(c4ccccc4Br)C3=O)n21. The zero-order chi connectivity index (χ0) is 22.8. The van der Waals surface area contributed by atoms with E-state index >= 15 is 0 Å². The molecule has 1 unspecified atom stereocenters. The highest BCUT2D eigenvalue weighted by molar-refractivity contribution is 9.10. The quantitative estimate of drug-likeness (QED) is 0.441. The van der Waals surface area contributed by atoms with Crippen LogP contribution in [0.5, 0.6) is 0 Å². The minimum absolute atomic E-state index is 0.0902. The molecule has 32 heavy (non-hydrogen) atoms. The van der Waals surface area contributed by atoms with Crippen LogP contribution in [0.1, 0.15) is 23.9 Å². The molecule has 162 valence electrons. The van der Waals surface area contributed by atoms with Crippen LogP contribution in [-0.4, -0.2) is 36.0 Å². The van der Waals surface area contributed by atoms with Gasteiger partial charge >= 0.3 is 6.03 Å². The first-order valence-corrected chi connectivity index (χ1v) is 10.7. The molecule has 1 atom stereocenters. The van der Waals surface area contributed by atoms with E-state index in [1.807, 2.05) is 37.3 Å². The summed E-state index contributed by atoms with van der Waals surface area (Å²) in [5.74, 6) is 0.322. The van der Waals surface area contributed by atoms with Crippen LogP contribution < -0.4 is 10.9 Å². The summed E-state index contributed by atoms with van der Waals surface area (Å²) in [6.07, 6.45) is 0. The van der Waals surface area contributed by atoms with E-state index in [4.69, 9.17) is 0 Å². The zero-order valence-corrected chi connectivity index (χ0v) is 19.2. The van der Waals surface area contributed by atoms with E-state index < -0.39 is 17.5 Å². The van der Waals surface area contributed by atoms with Gasteiger partial charge in [-0.15, -0.1) is 10.2 Å². The van der Waals surface area contributed by atoms with Crippen LogP contribution in [0.2, 0.25) is 0 Å². The number of nitrogens with one attached hydrogen (secondary N) is 1. The van der Waals surface area contributed by atoms with Crippen molar-refractivity contribution >= 4 is 44.5 Å². The average Bonchev–Trinajstić information content (AvgIpc) is 3.27. The Labute approximate surface area is 190 Å². The zero-order valence-electron chi connectivity index (χ0n) is 17.6. The molecule has 9 nitrogen and oxygen atoms in total. The van der Waals surface area contributed by atoms with Crippen LogP contribution in [0.3, 0.4) is 0 Å². The van der Waals surface area contributed by atoms with Gasteiger partial charge in [0.25, 0.3) is 11.5 Å². The Bertz CT molecular complexity index is 1510. The molecule has 10 heteroatoms. The molecule has 0 radical (unpaired) electrons. The Morgan fingerprint density at radius 1 is 1.09 bits per heavy atom. The number of halogens is 1. The summed E-state index contributed by atoms with van der Waals surface area (Å²) < 4.78 is 3.85. The molecule has 0 bridgehead atoms. The average molecular weight is 495 g/mol. The topological polar surface area (TPSA) is 102 Å². The number of aryl methyl sites for hydroxylation is 2. The van der Waals surface area contributed by atoms with E-state index in [0.717, 1.165) is 14.9 Å². The van der Waals surface area contributed by atoms with Gasteiger partial charge in [0.1, 0.15) is 5.54 Å². The third-order valence-corrected chi connectivity index (χ3v) is 6.62. The minimum Gasteiger partial charge on any atom is -0.319 e. The molecular weight excluding hydrogens is 476 g/mol. The smallest absolute Gasteiger partial charge is 0.319 e. The van der Waals surface area contributed by atoms with Crippen LogP contribution in [0.25, 0.3) is 16.7 Å². The summed E-state index contributed by atoms with van der Waals surface area (Å²) in [4.78, 5) is 40.1. The largest absolute Gasteiger partial charge is 0.325 e. The van der Waals surface area contributed by atoms with E-state index in [1.165, 1.54) is 4.57 Å². The molecule has 0 saturated carbocycles. The lowest BCUT2D eigenvalue weighted by atomic mass is 9.92. The van der Waals surface area contributed by atoms with E-state index in [-0.39, 0.29) is 12.1 Å².